The van der Waals surface area contributed by atoms with Crippen molar-refractivity contribution in [2.45, 2.75) is 11.5 Å². The smallest absolute Gasteiger partial charge is 0.261 e. The highest BCUT2D eigenvalue weighted by Gasteiger charge is 2.12. The summed E-state index contributed by atoms with van der Waals surface area (Å²) in [7, 11) is 1.52. The van der Waals surface area contributed by atoms with Gasteiger partial charge in [0, 0.05) is 15.7 Å². The van der Waals surface area contributed by atoms with Gasteiger partial charge in [0.2, 0.25) is 0 Å². The largest absolute Gasteiger partial charge is 0.488 e. The van der Waals surface area contributed by atoms with Crippen molar-refractivity contribution in [3.8, 4) is 5.75 Å². The molecule has 2 aromatic rings. The highest BCUT2D eigenvalue weighted by atomic mass is 79.9. The lowest BCUT2D eigenvalue weighted by Gasteiger charge is -2.09. The normalized spacial score (nSPS) is 11.3. The number of halogens is 3. The van der Waals surface area contributed by atoms with Crippen LogP contribution in [0.5, 0.6) is 5.75 Å². The van der Waals surface area contributed by atoms with Gasteiger partial charge in [-0.3, -0.25) is 0 Å². The monoisotopic (exact) mass is 394 g/mol. The summed E-state index contributed by atoms with van der Waals surface area (Å²) >= 11 is 9.14. The quantitative estimate of drug-likeness (QED) is 0.710. The Balaban J connectivity index is 2.15. The van der Waals surface area contributed by atoms with E-state index in [9.17, 15) is 8.42 Å². The predicted octanol–water partition coefficient (Wildman–Crippen LogP) is 4.61. The van der Waals surface area contributed by atoms with E-state index in [0.717, 1.165) is 5.56 Å². The minimum Gasteiger partial charge on any atom is -0.488 e. The van der Waals surface area contributed by atoms with Gasteiger partial charge in [0.25, 0.3) is 9.05 Å². The first-order valence-electron chi connectivity index (χ1n) is 5.48. The molecule has 0 aliphatic heterocycles. The van der Waals surface area contributed by atoms with Gasteiger partial charge in [-0.2, -0.15) is 0 Å². The van der Waals surface area contributed by atoms with E-state index in [0.29, 0.717) is 21.9 Å². The molecule has 20 heavy (non-hydrogen) atoms. The number of hydrogen-bond donors (Lipinski definition) is 0. The molecule has 0 aromatic heterocycles. The van der Waals surface area contributed by atoms with Gasteiger partial charge >= 0.3 is 0 Å². The summed E-state index contributed by atoms with van der Waals surface area (Å²) in [5.74, 6) is 0.522. The van der Waals surface area contributed by atoms with Gasteiger partial charge in [-0.05, 0) is 51.8 Å². The first-order chi connectivity index (χ1) is 9.36. The first-order valence-corrected chi connectivity index (χ1v) is 8.96. The third-order valence-electron chi connectivity index (χ3n) is 2.47. The summed E-state index contributed by atoms with van der Waals surface area (Å²) in [6.45, 7) is 0.326. The molecule has 0 bridgehead atoms. The van der Waals surface area contributed by atoms with E-state index < -0.39 is 9.05 Å². The zero-order chi connectivity index (χ0) is 14.8. The summed E-state index contributed by atoms with van der Waals surface area (Å²) in [6, 6.07) is 11.6. The van der Waals surface area contributed by atoms with Crippen LogP contribution in [0.4, 0.5) is 0 Å². The van der Waals surface area contributed by atoms with Crippen molar-refractivity contribution >= 4 is 47.3 Å². The lowest BCUT2D eigenvalue weighted by molar-refractivity contribution is 0.304. The topological polar surface area (TPSA) is 43.4 Å². The van der Waals surface area contributed by atoms with Crippen LogP contribution in [0, 0.1) is 0 Å². The van der Waals surface area contributed by atoms with Gasteiger partial charge in [0.05, 0.1) is 9.37 Å². The van der Waals surface area contributed by atoms with Gasteiger partial charge in [0.15, 0.2) is 0 Å². The fourth-order valence-electron chi connectivity index (χ4n) is 1.54. The Morgan fingerprint density at radius 2 is 1.90 bits per heavy atom. The lowest BCUT2D eigenvalue weighted by atomic mass is 10.2. The maximum Gasteiger partial charge on any atom is 0.261 e. The van der Waals surface area contributed by atoms with E-state index >= 15 is 0 Å². The Labute approximate surface area is 135 Å². The van der Waals surface area contributed by atoms with Crippen LogP contribution in [-0.4, -0.2) is 8.42 Å². The van der Waals surface area contributed by atoms with Crippen LogP contribution in [0.1, 0.15) is 5.56 Å². The van der Waals surface area contributed by atoms with Crippen LogP contribution in [0.3, 0.4) is 0 Å². The van der Waals surface area contributed by atoms with Crippen molar-refractivity contribution in [2.24, 2.45) is 0 Å². The fourth-order valence-corrected chi connectivity index (χ4v) is 3.17. The molecule has 2 aromatic carbocycles. The van der Waals surface area contributed by atoms with E-state index in [1.807, 2.05) is 12.1 Å². The molecule has 0 aliphatic carbocycles. The van der Waals surface area contributed by atoms with E-state index in [1.54, 1.807) is 18.2 Å². The van der Waals surface area contributed by atoms with Crippen molar-refractivity contribution < 1.29 is 13.2 Å². The number of rotatable bonds is 4. The zero-order valence-corrected chi connectivity index (χ0v) is 13.9. The molecule has 2 rings (SSSR count). The predicted molar refractivity (Wildman–Crippen MR) is 83.0 cm³/mol. The van der Waals surface area contributed by atoms with Crippen molar-refractivity contribution in [2.75, 3.05) is 0 Å². The van der Waals surface area contributed by atoms with E-state index in [-0.39, 0.29) is 4.90 Å². The summed E-state index contributed by atoms with van der Waals surface area (Å²) in [5.41, 5.74) is 0.915. The van der Waals surface area contributed by atoms with Crippen LogP contribution in [0.25, 0.3) is 0 Å². The maximum absolute atomic E-state index is 11.2. The molecular weight excluding hydrogens is 387 g/mol. The minimum absolute atomic E-state index is 0.0150. The standard InChI is InChI=1S/C13H9BrCl2O3S/c14-12-7-11(20(16,17)18)4-5-13(12)19-8-9-2-1-3-10(15)6-9/h1-7H,8H2. The third kappa shape index (κ3) is 4.12. The Bertz CT molecular complexity index is 732. The van der Waals surface area contributed by atoms with Gasteiger partial charge in [-0.25, -0.2) is 8.42 Å². The molecule has 0 saturated heterocycles. The molecule has 0 radical (unpaired) electrons. The molecule has 0 spiro atoms. The Morgan fingerprint density at radius 1 is 1.15 bits per heavy atom. The third-order valence-corrected chi connectivity index (χ3v) is 4.67. The van der Waals surface area contributed by atoms with Crippen LogP contribution >= 0.6 is 38.2 Å². The van der Waals surface area contributed by atoms with Crippen molar-refractivity contribution in [1.82, 2.24) is 0 Å². The van der Waals surface area contributed by atoms with E-state index in [4.69, 9.17) is 27.0 Å². The molecule has 3 nitrogen and oxygen atoms in total. The average Bonchev–Trinajstić information content (AvgIpc) is 2.36. The highest BCUT2D eigenvalue weighted by molar-refractivity contribution is 9.10. The van der Waals surface area contributed by atoms with Gasteiger partial charge in [-0.1, -0.05) is 23.7 Å². The number of benzene rings is 2. The first kappa shape index (κ1) is 15.6. The Kier molecular flexibility index (Phi) is 4.96. The van der Waals surface area contributed by atoms with E-state index in [2.05, 4.69) is 15.9 Å². The van der Waals surface area contributed by atoms with Crippen LogP contribution in [-0.2, 0) is 15.7 Å². The zero-order valence-electron chi connectivity index (χ0n) is 10.0. The minimum atomic E-state index is -3.75. The molecular formula is C13H9BrCl2O3S. The molecule has 0 amide bonds. The molecule has 0 unspecified atom stereocenters. The maximum atomic E-state index is 11.2. The molecule has 0 aliphatic rings. The van der Waals surface area contributed by atoms with Crippen LogP contribution < -0.4 is 4.74 Å². The summed E-state index contributed by atoms with van der Waals surface area (Å²) in [4.78, 5) is 0.0150. The van der Waals surface area contributed by atoms with Crippen LogP contribution in [0.2, 0.25) is 5.02 Å². The second-order valence-corrected chi connectivity index (χ2v) is 7.81. The Morgan fingerprint density at radius 3 is 2.50 bits per heavy atom. The molecule has 106 valence electrons. The van der Waals surface area contributed by atoms with Gasteiger partial charge in [-0.15, -0.1) is 0 Å². The molecule has 7 heteroatoms. The average molecular weight is 396 g/mol. The Hall–Kier alpha value is -0.750. The van der Waals surface area contributed by atoms with Crippen molar-refractivity contribution in [3.05, 3.63) is 57.5 Å². The summed E-state index contributed by atoms with van der Waals surface area (Å²) < 4.78 is 28.5. The van der Waals surface area contributed by atoms with Gasteiger partial charge in [0.1, 0.15) is 12.4 Å². The summed E-state index contributed by atoms with van der Waals surface area (Å²) in [5, 5.41) is 0.633. The molecule has 0 heterocycles. The summed E-state index contributed by atoms with van der Waals surface area (Å²) in [6.07, 6.45) is 0. The molecule has 0 fully saturated rings. The van der Waals surface area contributed by atoms with Gasteiger partial charge < -0.3 is 4.74 Å². The van der Waals surface area contributed by atoms with Crippen molar-refractivity contribution in [3.63, 3.8) is 0 Å². The number of hydrogen-bond acceptors (Lipinski definition) is 3. The molecule has 0 N–H and O–H groups in total. The SMILES string of the molecule is O=S(=O)(Cl)c1ccc(OCc2cccc(Cl)c2)c(Br)c1. The van der Waals surface area contributed by atoms with E-state index in [1.165, 1.54) is 12.1 Å². The second kappa shape index (κ2) is 6.35. The molecule has 0 saturated carbocycles. The van der Waals surface area contributed by atoms with Crippen LogP contribution in [0.15, 0.2) is 51.8 Å². The highest BCUT2D eigenvalue weighted by Crippen LogP contribution is 2.29. The molecule has 0 atom stereocenters. The second-order valence-electron chi connectivity index (χ2n) is 3.95. The fraction of sp³-hybridized carbons (Fsp3) is 0.0769. The number of ether oxygens (including phenoxy) is 1. The lowest BCUT2D eigenvalue weighted by Crippen LogP contribution is -1.97. The van der Waals surface area contributed by atoms with Crippen molar-refractivity contribution in [1.29, 1.82) is 0 Å².